The predicted molar refractivity (Wildman–Crippen MR) is 89.8 cm³/mol. The van der Waals surface area contributed by atoms with Gasteiger partial charge in [-0.15, -0.1) is 10.2 Å². The number of carbonyl (C=O) groups is 1. The molecule has 6 heteroatoms. The number of nitrogens with zero attached hydrogens (tertiary/aromatic N) is 2. The van der Waals surface area contributed by atoms with E-state index in [1.54, 1.807) is 24.3 Å². The van der Waals surface area contributed by atoms with Gasteiger partial charge in [0.1, 0.15) is 0 Å². The van der Waals surface area contributed by atoms with Gasteiger partial charge < -0.3 is 9.73 Å². The highest BCUT2D eigenvalue weighted by Crippen LogP contribution is 2.19. The number of halogens is 1. The zero-order chi connectivity index (χ0) is 16.2. The van der Waals surface area contributed by atoms with Crippen LogP contribution in [-0.2, 0) is 0 Å². The summed E-state index contributed by atoms with van der Waals surface area (Å²) in [6.45, 7) is 1.95. The van der Waals surface area contributed by atoms with E-state index in [1.807, 2.05) is 31.2 Å². The van der Waals surface area contributed by atoms with Crippen molar-refractivity contribution in [2.45, 2.75) is 13.0 Å². The highest BCUT2D eigenvalue weighted by atomic mass is 79.9. The lowest BCUT2D eigenvalue weighted by molar-refractivity contribution is 0.0940. The lowest BCUT2D eigenvalue weighted by atomic mass is 10.1. The third-order valence-corrected chi connectivity index (χ3v) is 4.00. The van der Waals surface area contributed by atoms with Crippen LogP contribution in [0.1, 0.15) is 28.9 Å². The topological polar surface area (TPSA) is 68.0 Å². The van der Waals surface area contributed by atoms with Crippen molar-refractivity contribution in [1.29, 1.82) is 0 Å². The summed E-state index contributed by atoms with van der Waals surface area (Å²) in [7, 11) is 0. The maximum Gasteiger partial charge on any atom is 0.251 e. The first-order valence-electron chi connectivity index (χ1n) is 7.06. The van der Waals surface area contributed by atoms with Gasteiger partial charge in [-0.1, -0.05) is 28.1 Å². The van der Waals surface area contributed by atoms with Crippen LogP contribution in [0.15, 0.2) is 63.8 Å². The summed E-state index contributed by atoms with van der Waals surface area (Å²) >= 11 is 3.40. The molecule has 1 atom stereocenters. The summed E-state index contributed by atoms with van der Waals surface area (Å²) in [6, 6.07) is 14.8. The molecule has 0 saturated heterocycles. The number of benzene rings is 2. The minimum absolute atomic E-state index is 0.0776. The highest BCUT2D eigenvalue weighted by molar-refractivity contribution is 9.10. The van der Waals surface area contributed by atoms with Crippen molar-refractivity contribution in [3.63, 3.8) is 0 Å². The van der Waals surface area contributed by atoms with Crippen LogP contribution in [0.2, 0.25) is 0 Å². The predicted octanol–water partition coefficient (Wildman–Crippen LogP) is 3.99. The highest BCUT2D eigenvalue weighted by Gasteiger charge is 2.12. The standard InChI is InChI=1S/C17H14BrN3O2/c1-11(12-6-8-15(18)9-7-12)20-16(22)13-2-4-14(5-3-13)17-21-19-10-23-17/h2-11H,1H3,(H,20,22)/t11-/m0/s1. The molecule has 116 valence electrons. The number of nitrogens with one attached hydrogen (secondary N) is 1. The van der Waals surface area contributed by atoms with Crippen molar-refractivity contribution < 1.29 is 9.21 Å². The molecule has 0 radical (unpaired) electrons. The average molecular weight is 372 g/mol. The van der Waals surface area contributed by atoms with Crippen molar-refractivity contribution in [1.82, 2.24) is 15.5 Å². The van der Waals surface area contributed by atoms with E-state index >= 15 is 0 Å². The van der Waals surface area contributed by atoms with Gasteiger partial charge in [0.25, 0.3) is 5.91 Å². The molecule has 3 rings (SSSR count). The minimum Gasteiger partial charge on any atom is -0.423 e. The first-order valence-corrected chi connectivity index (χ1v) is 7.86. The van der Waals surface area contributed by atoms with Gasteiger partial charge in [0.15, 0.2) is 0 Å². The lowest BCUT2D eigenvalue weighted by Crippen LogP contribution is -2.26. The normalized spacial score (nSPS) is 11.9. The van der Waals surface area contributed by atoms with Crippen LogP contribution >= 0.6 is 15.9 Å². The zero-order valence-electron chi connectivity index (χ0n) is 12.4. The first kappa shape index (κ1) is 15.4. The molecule has 0 fully saturated rings. The Bertz CT molecular complexity index is 784. The number of rotatable bonds is 4. The van der Waals surface area contributed by atoms with Gasteiger partial charge in [0.05, 0.1) is 6.04 Å². The molecule has 0 spiro atoms. The number of amides is 1. The Morgan fingerprint density at radius 2 is 1.83 bits per heavy atom. The molecule has 0 saturated carbocycles. The van der Waals surface area contributed by atoms with E-state index in [1.165, 1.54) is 6.39 Å². The van der Waals surface area contributed by atoms with Gasteiger partial charge in [-0.25, -0.2) is 0 Å². The number of carbonyl (C=O) groups excluding carboxylic acids is 1. The second-order valence-electron chi connectivity index (χ2n) is 5.07. The fraction of sp³-hybridized carbons (Fsp3) is 0.118. The van der Waals surface area contributed by atoms with Gasteiger partial charge in [0.2, 0.25) is 12.3 Å². The van der Waals surface area contributed by atoms with Crippen molar-refractivity contribution in [2.24, 2.45) is 0 Å². The Morgan fingerprint density at radius 1 is 1.13 bits per heavy atom. The van der Waals surface area contributed by atoms with Crippen LogP contribution in [-0.4, -0.2) is 16.1 Å². The van der Waals surface area contributed by atoms with Crippen LogP contribution < -0.4 is 5.32 Å². The molecule has 0 bridgehead atoms. The molecule has 1 heterocycles. The van der Waals surface area contributed by atoms with Crippen LogP contribution in [0.3, 0.4) is 0 Å². The van der Waals surface area contributed by atoms with Gasteiger partial charge >= 0.3 is 0 Å². The maximum atomic E-state index is 12.3. The Morgan fingerprint density at radius 3 is 2.43 bits per heavy atom. The van der Waals surface area contributed by atoms with Gasteiger partial charge in [-0.2, -0.15) is 0 Å². The first-order chi connectivity index (χ1) is 11.1. The van der Waals surface area contributed by atoms with Gasteiger partial charge in [-0.3, -0.25) is 4.79 Å². The number of aromatic nitrogens is 2. The molecule has 1 aromatic heterocycles. The second kappa shape index (κ2) is 6.75. The molecule has 2 aromatic carbocycles. The van der Waals surface area contributed by atoms with E-state index in [4.69, 9.17) is 4.42 Å². The molecule has 23 heavy (non-hydrogen) atoms. The van der Waals surface area contributed by atoms with E-state index in [9.17, 15) is 4.79 Å². The average Bonchev–Trinajstić information content (AvgIpc) is 3.10. The van der Waals surface area contributed by atoms with Crippen LogP contribution in [0.4, 0.5) is 0 Å². The fourth-order valence-electron chi connectivity index (χ4n) is 2.18. The molecule has 3 aromatic rings. The van der Waals surface area contributed by atoms with E-state index in [0.717, 1.165) is 15.6 Å². The quantitative estimate of drug-likeness (QED) is 0.752. The zero-order valence-corrected chi connectivity index (χ0v) is 13.9. The Balaban J connectivity index is 1.69. The largest absolute Gasteiger partial charge is 0.423 e. The second-order valence-corrected chi connectivity index (χ2v) is 5.98. The summed E-state index contributed by atoms with van der Waals surface area (Å²) in [5, 5.41) is 10.5. The Hall–Kier alpha value is -2.47. The van der Waals surface area contributed by atoms with Crippen LogP contribution in [0, 0.1) is 0 Å². The number of hydrogen-bond donors (Lipinski definition) is 1. The van der Waals surface area contributed by atoms with E-state index < -0.39 is 0 Å². The molecule has 0 unspecified atom stereocenters. The smallest absolute Gasteiger partial charge is 0.251 e. The fourth-order valence-corrected chi connectivity index (χ4v) is 2.44. The Kier molecular flexibility index (Phi) is 4.52. The summed E-state index contributed by atoms with van der Waals surface area (Å²) in [5.74, 6) is 0.303. The lowest BCUT2D eigenvalue weighted by Gasteiger charge is -2.14. The maximum absolute atomic E-state index is 12.3. The van der Waals surface area contributed by atoms with Crippen molar-refractivity contribution in [3.8, 4) is 11.5 Å². The molecule has 5 nitrogen and oxygen atoms in total. The summed E-state index contributed by atoms with van der Waals surface area (Å²) in [4.78, 5) is 12.3. The SMILES string of the molecule is C[C@H](NC(=O)c1ccc(-c2nnco2)cc1)c1ccc(Br)cc1. The molecular formula is C17H14BrN3O2. The van der Waals surface area contributed by atoms with E-state index in [2.05, 4.69) is 31.4 Å². The Labute approximate surface area is 141 Å². The third-order valence-electron chi connectivity index (χ3n) is 3.47. The van der Waals surface area contributed by atoms with E-state index in [-0.39, 0.29) is 11.9 Å². The molecule has 1 N–H and O–H groups in total. The number of hydrogen-bond acceptors (Lipinski definition) is 4. The van der Waals surface area contributed by atoms with Crippen molar-refractivity contribution in [2.75, 3.05) is 0 Å². The van der Waals surface area contributed by atoms with Crippen LogP contribution in [0.25, 0.3) is 11.5 Å². The minimum atomic E-state index is -0.127. The molecule has 0 aliphatic rings. The molecule has 0 aliphatic heterocycles. The summed E-state index contributed by atoms with van der Waals surface area (Å²) in [5.41, 5.74) is 2.40. The van der Waals surface area contributed by atoms with Gasteiger partial charge in [0, 0.05) is 15.6 Å². The summed E-state index contributed by atoms with van der Waals surface area (Å²) in [6.07, 6.45) is 1.27. The summed E-state index contributed by atoms with van der Waals surface area (Å²) < 4.78 is 6.14. The van der Waals surface area contributed by atoms with Gasteiger partial charge in [-0.05, 0) is 48.9 Å². The van der Waals surface area contributed by atoms with E-state index in [0.29, 0.717) is 11.5 Å². The third kappa shape index (κ3) is 3.65. The van der Waals surface area contributed by atoms with Crippen LogP contribution in [0.5, 0.6) is 0 Å². The molecule has 0 aliphatic carbocycles. The molecular weight excluding hydrogens is 358 g/mol. The van der Waals surface area contributed by atoms with Crippen molar-refractivity contribution >= 4 is 21.8 Å². The van der Waals surface area contributed by atoms with Crippen molar-refractivity contribution in [3.05, 3.63) is 70.5 Å². The monoisotopic (exact) mass is 371 g/mol. The molecule has 1 amide bonds.